The molecule has 0 aliphatic heterocycles. The van der Waals surface area contributed by atoms with E-state index in [1.165, 1.54) is 11.4 Å². The van der Waals surface area contributed by atoms with Crippen LogP contribution in [-0.2, 0) is 9.92 Å². The first-order valence-corrected chi connectivity index (χ1v) is 10.7. The Labute approximate surface area is 108 Å². The second-order valence-corrected chi connectivity index (χ2v) is 13.9. The summed E-state index contributed by atoms with van der Waals surface area (Å²) in [6.45, 7) is 10.3. The van der Waals surface area contributed by atoms with Crippen LogP contribution in [0.4, 0.5) is 4.39 Å². The topological polar surface area (TPSA) is 53.0 Å². The van der Waals surface area contributed by atoms with Crippen LogP contribution < -0.4 is 4.39 Å². The van der Waals surface area contributed by atoms with E-state index in [9.17, 15) is 8.60 Å². The molecule has 17 heavy (non-hydrogen) atoms. The van der Waals surface area contributed by atoms with Gasteiger partial charge in [-0.3, -0.25) is 0 Å². The van der Waals surface area contributed by atoms with E-state index in [-0.39, 0.29) is 9.25 Å². The van der Waals surface area contributed by atoms with Crippen LogP contribution in [0.3, 0.4) is 0 Å². The third kappa shape index (κ3) is 3.37. The lowest BCUT2D eigenvalue weighted by molar-refractivity contribution is 0.630. The molecule has 0 amide bonds. The minimum absolute atomic E-state index is 0.0213. The highest BCUT2D eigenvalue weighted by atomic mass is 32.2. The van der Waals surface area contributed by atoms with Crippen molar-refractivity contribution in [2.45, 2.75) is 43.1 Å². The number of halogens is 1. The third-order valence-electron chi connectivity index (χ3n) is 3.10. The maximum atomic E-state index is 12.9. The van der Waals surface area contributed by atoms with Crippen LogP contribution in [0.1, 0.15) is 20.8 Å². The van der Waals surface area contributed by atoms with Crippen LogP contribution in [-0.4, -0.2) is 12.4 Å². The van der Waals surface area contributed by atoms with E-state index < -0.39 is 24.0 Å². The van der Waals surface area contributed by atoms with Crippen molar-refractivity contribution in [3.8, 4) is 0 Å². The summed E-state index contributed by atoms with van der Waals surface area (Å²) in [6, 6.07) is 1.18. The molecule has 1 atom stereocenters. The standard InChI is InChI=1S/C10H19FN2OS2Si/c1-10(2,3)17(4,5)13-16(12,14)9-6-8(11)7-15-9/h6-7H,1-5H3,(H2,12,13,14). The van der Waals surface area contributed by atoms with Crippen LogP contribution in [0.2, 0.25) is 18.1 Å². The van der Waals surface area contributed by atoms with Crippen LogP contribution in [0.15, 0.2) is 15.7 Å². The monoisotopic (exact) mass is 294 g/mol. The molecule has 0 fully saturated rings. The summed E-state index contributed by atoms with van der Waals surface area (Å²) in [7, 11) is -5.13. The molecule has 1 unspecified atom stereocenters. The molecule has 0 saturated heterocycles. The molecule has 1 aromatic heterocycles. The first-order valence-electron chi connectivity index (χ1n) is 5.27. The first-order chi connectivity index (χ1) is 7.46. The lowest BCUT2D eigenvalue weighted by atomic mass is 10.2. The molecule has 0 bridgehead atoms. The number of hydrogen-bond acceptors (Lipinski definition) is 3. The summed E-state index contributed by atoms with van der Waals surface area (Å²) in [5.41, 5.74) is 0. The van der Waals surface area contributed by atoms with Crippen molar-refractivity contribution in [2.24, 2.45) is 0 Å². The Morgan fingerprint density at radius 3 is 2.35 bits per heavy atom. The summed E-state index contributed by atoms with van der Waals surface area (Å²) in [5, 5.41) is 1.25. The van der Waals surface area contributed by atoms with E-state index in [2.05, 4.69) is 25.2 Å². The molecule has 0 spiro atoms. The maximum absolute atomic E-state index is 12.9. The van der Waals surface area contributed by atoms with Crippen molar-refractivity contribution in [3.05, 3.63) is 17.3 Å². The van der Waals surface area contributed by atoms with Crippen LogP contribution >= 0.6 is 11.3 Å². The molecular weight excluding hydrogens is 275 g/mol. The second kappa shape index (κ2) is 4.45. The molecule has 7 heteroatoms. The number of hydrogen-bond donors (Lipinski definition) is 2. The minimum atomic E-state index is -3.09. The highest BCUT2D eigenvalue weighted by Gasteiger charge is 2.38. The van der Waals surface area contributed by atoms with Gasteiger partial charge in [0.2, 0.25) is 0 Å². The van der Waals surface area contributed by atoms with Gasteiger partial charge in [0.25, 0.3) is 0 Å². The number of nitrogens with one attached hydrogen (secondary N) is 2. The fourth-order valence-electron chi connectivity index (χ4n) is 1.01. The predicted octanol–water partition coefficient (Wildman–Crippen LogP) is 3.80. The van der Waals surface area contributed by atoms with E-state index in [0.29, 0.717) is 0 Å². The highest BCUT2D eigenvalue weighted by molar-refractivity contribution is 7.93. The Kier molecular flexibility index (Phi) is 3.88. The van der Waals surface area contributed by atoms with Gasteiger partial charge in [0.15, 0.2) is 0 Å². The zero-order valence-electron chi connectivity index (χ0n) is 10.8. The fourth-order valence-corrected chi connectivity index (χ4v) is 7.33. The van der Waals surface area contributed by atoms with Crippen molar-refractivity contribution >= 4 is 29.5 Å². The predicted molar refractivity (Wildman–Crippen MR) is 73.7 cm³/mol. The van der Waals surface area contributed by atoms with Gasteiger partial charge in [-0.15, -0.1) is 11.3 Å². The lowest BCUT2D eigenvalue weighted by Crippen LogP contribution is -2.53. The Morgan fingerprint density at radius 2 is 2.00 bits per heavy atom. The molecule has 1 heterocycles. The Balaban J connectivity index is 3.03. The summed E-state index contributed by atoms with van der Waals surface area (Å²) < 4.78 is 36.4. The van der Waals surface area contributed by atoms with Gasteiger partial charge >= 0.3 is 0 Å². The van der Waals surface area contributed by atoms with E-state index in [1.807, 2.05) is 13.1 Å². The molecule has 98 valence electrons. The summed E-state index contributed by atoms with van der Waals surface area (Å²) >= 11 is 1.03. The van der Waals surface area contributed by atoms with E-state index in [0.717, 1.165) is 11.3 Å². The summed E-state index contributed by atoms with van der Waals surface area (Å²) in [4.78, 5) is 0. The molecule has 0 aliphatic carbocycles. The van der Waals surface area contributed by atoms with E-state index in [4.69, 9.17) is 4.78 Å². The molecule has 0 aliphatic rings. The smallest absolute Gasteiger partial charge is 0.140 e. The third-order valence-corrected chi connectivity index (χ3v) is 12.4. The Morgan fingerprint density at radius 1 is 1.47 bits per heavy atom. The number of rotatable bonds is 3. The normalized spacial score (nSPS) is 16.8. The van der Waals surface area contributed by atoms with Gasteiger partial charge in [-0.25, -0.2) is 17.8 Å². The van der Waals surface area contributed by atoms with Crippen molar-refractivity contribution in [1.82, 2.24) is 4.39 Å². The van der Waals surface area contributed by atoms with Gasteiger partial charge in [0, 0.05) is 11.4 Å². The highest BCUT2D eigenvalue weighted by Crippen LogP contribution is 2.35. The van der Waals surface area contributed by atoms with Crippen molar-refractivity contribution in [3.63, 3.8) is 0 Å². The van der Waals surface area contributed by atoms with Gasteiger partial charge in [-0.2, -0.15) is 0 Å². The number of thiophene rings is 1. The van der Waals surface area contributed by atoms with Gasteiger partial charge in [-0.05, 0) is 5.04 Å². The van der Waals surface area contributed by atoms with Crippen molar-refractivity contribution in [1.29, 1.82) is 4.78 Å². The zero-order valence-corrected chi connectivity index (χ0v) is 13.4. The van der Waals surface area contributed by atoms with Crippen molar-refractivity contribution in [2.75, 3.05) is 0 Å². The Bertz CT molecular complexity index is 503. The summed E-state index contributed by atoms with van der Waals surface area (Å²) in [6.07, 6.45) is 0. The molecule has 1 rings (SSSR count). The molecule has 2 N–H and O–H groups in total. The van der Waals surface area contributed by atoms with Crippen LogP contribution in [0, 0.1) is 10.6 Å². The molecule has 0 radical (unpaired) electrons. The summed E-state index contributed by atoms with van der Waals surface area (Å²) in [5.74, 6) is -0.429. The largest absolute Gasteiger partial charge is 0.248 e. The average Bonchev–Trinajstić information content (AvgIpc) is 2.48. The average molecular weight is 294 g/mol. The van der Waals surface area contributed by atoms with Gasteiger partial charge in [-0.1, -0.05) is 33.9 Å². The molecule has 3 nitrogen and oxygen atoms in total. The zero-order chi connectivity index (χ0) is 13.5. The van der Waals surface area contributed by atoms with Gasteiger partial charge in [0.1, 0.15) is 28.2 Å². The molecule has 1 aromatic rings. The lowest BCUT2D eigenvalue weighted by Gasteiger charge is -2.37. The fraction of sp³-hybridized carbons (Fsp3) is 0.600. The van der Waals surface area contributed by atoms with Crippen LogP contribution in [0.5, 0.6) is 0 Å². The van der Waals surface area contributed by atoms with Gasteiger partial charge < -0.3 is 0 Å². The second-order valence-electron chi connectivity index (χ2n) is 5.62. The van der Waals surface area contributed by atoms with Crippen molar-refractivity contribution < 1.29 is 8.60 Å². The van der Waals surface area contributed by atoms with Crippen LogP contribution in [0.25, 0.3) is 0 Å². The molecule has 0 aromatic carbocycles. The Hall–Kier alpha value is -0.243. The van der Waals surface area contributed by atoms with E-state index >= 15 is 0 Å². The maximum Gasteiger partial charge on any atom is 0.140 e. The first kappa shape index (κ1) is 14.8. The SMILES string of the molecule is CC(C)(C)[Si](C)(C)NS(=N)(=O)c1cc(F)cs1. The molecular formula is C10H19FN2OS2Si. The molecule has 0 saturated carbocycles. The quantitative estimate of drug-likeness (QED) is 0.818. The van der Waals surface area contributed by atoms with E-state index in [1.54, 1.807) is 0 Å². The minimum Gasteiger partial charge on any atom is -0.248 e. The van der Waals surface area contributed by atoms with Gasteiger partial charge in [0.05, 0.1) is 0 Å².